The highest BCUT2D eigenvalue weighted by Crippen LogP contribution is 2.22. The number of Topliss-reactive ketones (excluding diaryl/α,β-unsaturated/α-hetero) is 1. The van der Waals surface area contributed by atoms with Crippen molar-refractivity contribution >= 4 is 11.8 Å². The third kappa shape index (κ3) is 4.09. The zero-order chi connectivity index (χ0) is 14.4. The lowest BCUT2D eigenvalue weighted by molar-refractivity contribution is -0.151. The molecule has 1 rings (SSSR count). The molecule has 104 valence electrons. The monoisotopic (exact) mass is 264 g/mol. The number of hydrogen-bond acceptors (Lipinski definition) is 4. The predicted molar refractivity (Wildman–Crippen MR) is 72.5 cm³/mol. The average Bonchev–Trinajstić information content (AvgIpc) is 2.37. The summed E-state index contributed by atoms with van der Waals surface area (Å²) in [5.74, 6) is -0.0597. The van der Waals surface area contributed by atoms with Crippen LogP contribution in [0.25, 0.3) is 0 Å². The van der Waals surface area contributed by atoms with Crippen LogP contribution in [0.2, 0.25) is 0 Å². The molecular weight excluding hydrogens is 244 g/mol. The molecule has 0 heterocycles. The van der Waals surface area contributed by atoms with Crippen LogP contribution < -0.4 is 4.74 Å². The van der Waals surface area contributed by atoms with E-state index in [-0.39, 0.29) is 5.78 Å². The number of esters is 1. The smallest absolute Gasteiger partial charge is 0.347 e. The van der Waals surface area contributed by atoms with Gasteiger partial charge in [0.15, 0.2) is 11.9 Å². The Morgan fingerprint density at radius 2 is 1.95 bits per heavy atom. The molecule has 0 aliphatic heterocycles. The van der Waals surface area contributed by atoms with E-state index in [0.29, 0.717) is 24.3 Å². The fraction of sp³-hybridized carbons (Fsp3) is 0.467. The summed E-state index contributed by atoms with van der Waals surface area (Å²) in [4.78, 5) is 23.3. The van der Waals surface area contributed by atoms with Crippen molar-refractivity contribution in [1.82, 2.24) is 0 Å². The lowest BCUT2D eigenvalue weighted by Crippen LogP contribution is -2.29. The Morgan fingerprint density at radius 1 is 1.26 bits per heavy atom. The molecule has 1 unspecified atom stereocenters. The molecule has 0 N–H and O–H groups in total. The number of ether oxygens (including phenoxy) is 2. The number of hydrogen-bond donors (Lipinski definition) is 0. The number of benzene rings is 1. The van der Waals surface area contributed by atoms with E-state index in [1.54, 1.807) is 19.1 Å². The van der Waals surface area contributed by atoms with Crippen molar-refractivity contribution < 1.29 is 19.1 Å². The highest BCUT2D eigenvalue weighted by Gasteiger charge is 2.21. The number of carbonyl (C=O) groups is 2. The summed E-state index contributed by atoms with van der Waals surface area (Å²) in [5.41, 5.74) is 1.46. The number of ketones is 1. The summed E-state index contributed by atoms with van der Waals surface area (Å²) < 4.78 is 10.6. The Labute approximate surface area is 113 Å². The van der Waals surface area contributed by atoms with E-state index in [4.69, 9.17) is 9.47 Å². The molecule has 0 fully saturated rings. The first kappa shape index (κ1) is 15.2. The van der Waals surface area contributed by atoms with Gasteiger partial charge in [0, 0.05) is 0 Å². The Kier molecular flexibility index (Phi) is 5.55. The summed E-state index contributed by atoms with van der Waals surface area (Å²) in [6.45, 7) is 7.28. The van der Waals surface area contributed by atoms with Crippen LogP contribution in [0.4, 0.5) is 0 Å². The fourth-order valence-electron chi connectivity index (χ4n) is 1.71. The largest absolute Gasteiger partial charge is 0.478 e. The van der Waals surface area contributed by atoms with Crippen LogP contribution >= 0.6 is 0 Å². The van der Waals surface area contributed by atoms with Crippen molar-refractivity contribution in [3.8, 4) is 5.75 Å². The van der Waals surface area contributed by atoms with Gasteiger partial charge in [-0.15, -0.1) is 0 Å². The van der Waals surface area contributed by atoms with E-state index >= 15 is 0 Å². The van der Waals surface area contributed by atoms with Gasteiger partial charge in [-0.2, -0.15) is 0 Å². The average molecular weight is 264 g/mol. The van der Waals surface area contributed by atoms with Crippen LogP contribution in [0.3, 0.4) is 0 Å². The molecule has 1 aromatic carbocycles. The fourth-order valence-corrected chi connectivity index (χ4v) is 1.71. The lowest BCUT2D eigenvalue weighted by Gasteiger charge is -2.18. The first-order valence-electron chi connectivity index (χ1n) is 6.44. The first-order chi connectivity index (χ1) is 8.99. The Hall–Kier alpha value is -1.84. The summed E-state index contributed by atoms with van der Waals surface area (Å²) >= 11 is 0. The number of carbonyl (C=O) groups excluding carboxylic acids is 2. The van der Waals surface area contributed by atoms with Crippen LogP contribution in [0.15, 0.2) is 18.2 Å². The van der Waals surface area contributed by atoms with Gasteiger partial charge >= 0.3 is 5.97 Å². The molecule has 0 aromatic heterocycles. The molecular formula is C15H20O4. The molecule has 1 atom stereocenters. The molecule has 0 aliphatic carbocycles. The van der Waals surface area contributed by atoms with E-state index in [0.717, 1.165) is 5.56 Å². The molecule has 19 heavy (non-hydrogen) atoms. The van der Waals surface area contributed by atoms with Crippen LogP contribution in [-0.2, 0) is 9.53 Å². The molecule has 0 aliphatic rings. The highest BCUT2D eigenvalue weighted by atomic mass is 16.6. The molecule has 0 saturated heterocycles. The van der Waals surface area contributed by atoms with Crippen molar-refractivity contribution in [2.45, 2.75) is 40.2 Å². The maximum atomic E-state index is 11.7. The quantitative estimate of drug-likeness (QED) is 0.585. The zero-order valence-corrected chi connectivity index (χ0v) is 11.9. The topological polar surface area (TPSA) is 52.6 Å². The van der Waals surface area contributed by atoms with E-state index in [2.05, 4.69) is 0 Å². The van der Waals surface area contributed by atoms with Gasteiger partial charge in [0.25, 0.3) is 0 Å². The minimum absolute atomic E-state index is 0.0857. The van der Waals surface area contributed by atoms with Crippen LogP contribution in [-0.4, -0.2) is 24.5 Å². The van der Waals surface area contributed by atoms with E-state index in [1.807, 2.05) is 19.9 Å². The van der Waals surface area contributed by atoms with Gasteiger partial charge in [0.05, 0.1) is 12.2 Å². The summed E-state index contributed by atoms with van der Waals surface area (Å²) in [6, 6.07) is 5.32. The van der Waals surface area contributed by atoms with Crippen LogP contribution in [0.1, 0.15) is 43.1 Å². The molecule has 0 radical (unpaired) electrons. The molecule has 4 heteroatoms. The van der Waals surface area contributed by atoms with Gasteiger partial charge in [0.1, 0.15) is 5.75 Å². The van der Waals surface area contributed by atoms with Crippen molar-refractivity contribution in [3.63, 3.8) is 0 Å². The molecule has 0 amide bonds. The van der Waals surface area contributed by atoms with E-state index in [9.17, 15) is 9.59 Å². The summed E-state index contributed by atoms with van der Waals surface area (Å²) in [5, 5.41) is 0. The van der Waals surface area contributed by atoms with Crippen LogP contribution in [0, 0.1) is 6.92 Å². The second-order valence-electron chi connectivity index (χ2n) is 4.32. The molecule has 0 saturated carbocycles. The van der Waals surface area contributed by atoms with Crippen molar-refractivity contribution in [1.29, 1.82) is 0 Å². The lowest BCUT2D eigenvalue weighted by atomic mass is 10.1. The number of rotatable bonds is 6. The second kappa shape index (κ2) is 6.92. The minimum Gasteiger partial charge on any atom is -0.478 e. The van der Waals surface area contributed by atoms with Gasteiger partial charge in [0.2, 0.25) is 0 Å². The zero-order valence-electron chi connectivity index (χ0n) is 11.9. The third-order valence-electron chi connectivity index (χ3n) is 2.70. The van der Waals surface area contributed by atoms with Gasteiger partial charge in [-0.05, 0) is 39.3 Å². The third-order valence-corrected chi connectivity index (χ3v) is 2.70. The van der Waals surface area contributed by atoms with Gasteiger partial charge in [-0.25, -0.2) is 4.79 Å². The van der Waals surface area contributed by atoms with Gasteiger partial charge in [-0.3, -0.25) is 4.79 Å². The normalized spacial score (nSPS) is 11.8. The van der Waals surface area contributed by atoms with Gasteiger partial charge < -0.3 is 9.47 Å². The van der Waals surface area contributed by atoms with Crippen molar-refractivity contribution in [2.75, 3.05) is 6.61 Å². The van der Waals surface area contributed by atoms with Gasteiger partial charge in [-0.1, -0.05) is 18.6 Å². The SMILES string of the molecule is CCOC(=O)C(CC)Oc1ccc(C)cc1C(C)=O. The minimum atomic E-state index is -0.680. The van der Waals surface area contributed by atoms with E-state index < -0.39 is 12.1 Å². The maximum absolute atomic E-state index is 11.7. The summed E-state index contributed by atoms with van der Waals surface area (Å²) in [7, 11) is 0. The highest BCUT2D eigenvalue weighted by molar-refractivity contribution is 5.97. The Balaban J connectivity index is 2.97. The molecule has 1 aromatic rings. The molecule has 0 spiro atoms. The van der Waals surface area contributed by atoms with Crippen molar-refractivity contribution in [2.24, 2.45) is 0 Å². The maximum Gasteiger partial charge on any atom is 0.347 e. The van der Waals surface area contributed by atoms with Crippen molar-refractivity contribution in [3.05, 3.63) is 29.3 Å². The molecule has 4 nitrogen and oxygen atoms in total. The summed E-state index contributed by atoms with van der Waals surface area (Å²) in [6.07, 6.45) is -0.190. The standard InChI is InChI=1S/C15H20O4/c1-5-13(15(17)18-6-2)19-14-8-7-10(3)9-12(14)11(4)16/h7-9,13H,5-6H2,1-4H3. The first-order valence-corrected chi connectivity index (χ1v) is 6.44. The number of aryl methyl sites for hydroxylation is 1. The van der Waals surface area contributed by atoms with Crippen LogP contribution in [0.5, 0.6) is 5.75 Å². The second-order valence-corrected chi connectivity index (χ2v) is 4.32. The Morgan fingerprint density at radius 3 is 2.47 bits per heavy atom. The Bertz CT molecular complexity index is 465. The predicted octanol–water partition coefficient (Wildman–Crippen LogP) is 2.92. The molecule has 0 bridgehead atoms. The van der Waals surface area contributed by atoms with E-state index in [1.165, 1.54) is 6.92 Å².